The summed E-state index contributed by atoms with van der Waals surface area (Å²) in [5.41, 5.74) is 0.307. The van der Waals surface area contributed by atoms with Gasteiger partial charge in [0, 0.05) is 6.04 Å². The van der Waals surface area contributed by atoms with Gasteiger partial charge >= 0.3 is 0 Å². The highest BCUT2D eigenvalue weighted by atomic mass is 16.2. The van der Waals surface area contributed by atoms with Gasteiger partial charge in [0.2, 0.25) is 5.91 Å². The lowest BCUT2D eigenvalue weighted by Gasteiger charge is -2.27. The summed E-state index contributed by atoms with van der Waals surface area (Å²) in [6.45, 7) is 7.79. The molecule has 1 aromatic carbocycles. The summed E-state index contributed by atoms with van der Waals surface area (Å²) >= 11 is 0. The predicted molar refractivity (Wildman–Crippen MR) is 79.9 cm³/mol. The number of carbonyl (C=O) groups is 1. The fraction of sp³-hybridized carbons (Fsp3) is 0.500. The van der Waals surface area contributed by atoms with Crippen LogP contribution in [0.3, 0.4) is 0 Å². The van der Waals surface area contributed by atoms with Crippen molar-refractivity contribution in [2.24, 2.45) is 5.92 Å². The Kier molecular flexibility index (Phi) is 5.72. The van der Waals surface area contributed by atoms with Crippen LogP contribution in [-0.2, 0) is 4.79 Å². The highest BCUT2D eigenvalue weighted by Crippen LogP contribution is 2.15. The third kappa shape index (κ3) is 4.36. The average Bonchev–Trinajstić information content (AvgIpc) is 2.45. The van der Waals surface area contributed by atoms with E-state index >= 15 is 0 Å². The smallest absolute Gasteiger partial charge is 0.235 e. The molecule has 0 fully saturated rings. The second kappa shape index (κ2) is 7.06. The van der Waals surface area contributed by atoms with E-state index in [-0.39, 0.29) is 24.4 Å². The zero-order chi connectivity index (χ0) is 15.2. The Morgan fingerprint density at radius 1 is 1.30 bits per heavy atom. The normalized spacial score (nSPS) is 15.2. The molecule has 2 N–H and O–H groups in total. The van der Waals surface area contributed by atoms with Gasteiger partial charge in [0.15, 0.2) is 0 Å². The molecule has 20 heavy (non-hydrogen) atoms. The lowest BCUT2D eigenvalue weighted by molar-refractivity contribution is -0.122. The van der Waals surface area contributed by atoms with Gasteiger partial charge in [-0.3, -0.25) is 4.79 Å². The Morgan fingerprint density at radius 2 is 1.90 bits per heavy atom. The Balaban J connectivity index is 2.50. The summed E-state index contributed by atoms with van der Waals surface area (Å²) in [5.74, 6) is -0.103. The first-order chi connectivity index (χ1) is 9.39. The van der Waals surface area contributed by atoms with Gasteiger partial charge in [-0.25, -0.2) is 0 Å². The maximum Gasteiger partial charge on any atom is 0.235 e. The largest absolute Gasteiger partial charge is 0.337 e. The molecule has 0 aromatic heterocycles. The SMILES string of the molecule is CC(C)[C@@](C)(C#N)NC(=O)CN[C@H](C)c1ccccc1. The van der Waals surface area contributed by atoms with E-state index < -0.39 is 5.54 Å². The fourth-order valence-corrected chi connectivity index (χ4v) is 1.74. The summed E-state index contributed by atoms with van der Waals surface area (Å²) in [4.78, 5) is 11.9. The molecule has 1 rings (SSSR count). The van der Waals surface area contributed by atoms with Gasteiger partial charge in [0.05, 0.1) is 12.6 Å². The number of hydrogen-bond donors (Lipinski definition) is 2. The molecule has 2 atom stereocenters. The van der Waals surface area contributed by atoms with Crippen molar-refractivity contribution in [3.8, 4) is 6.07 Å². The monoisotopic (exact) mass is 273 g/mol. The van der Waals surface area contributed by atoms with E-state index in [2.05, 4.69) is 16.7 Å². The van der Waals surface area contributed by atoms with Crippen molar-refractivity contribution in [1.82, 2.24) is 10.6 Å². The molecule has 0 bridgehead atoms. The van der Waals surface area contributed by atoms with Gasteiger partial charge in [-0.05, 0) is 25.3 Å². The van der Waals surface area contributed by atoms with Crippen LogP contribution < -0.4 is 10.6 Å². The van der Waals surface area contributed by atoms with Crippen LogP contribution in [0.5, 0.6) is 0 Å². The van der Waals surface area contributed by atoms with Crippen molar-refractivity contribution in [2.45, 2.75) is 39.3 Å². The predicted octanol–water partition coefficient (Wildman–Crippen LogP) is 2.39. The molecule has 1 amide bonds. The third-order valence-corrected chi connectivity index (χ3v) is 3.65. The van der Waals surface area contributed by atoms with Crippen molar-refractivity contribution in [3.05, 3.63) is 35.9 Å². The van der Waals surface area contributed by atoms with Gasteiger partial charge in [0.1, 0.15) is 5.54 Å². The minimum Gasteiger partial charge on any atom is -0.337 e. The van der Waals surface area contributed by atoms with Crippen LogP contribution in [0, 0.1) is 17.2 Å². The van der Waals surface area contributed by atoms with E-state index in [1.807, 2.05) is 51.1 Å². The maximum absolute atomic E-state index is 11.9. The summed E-state index contributed by atoms with van der Waals surface area (Å²) in [7, 11) is 0. The number of nitriles is 1. The molecule has 0 aliphatic rings. The second-order valence-corrected chi connectivity index (χ2v) is 5.53. The molecule has 4 heteroatoms. The highest BCUT2D eigenvalue weighted by molar-refractivity contribution is 5.79. The Labute approximate surface area is 121 Å². The van der Waals surface area contributed by atoms with Crippen molar-refractivity contribution in [3.63, 3.8) is 0 Å². The molecule has 0 radical (unpaired) electrons. The standard InChI is InChI=1S/C16H23N3O/c1-12(2)16(4,11-17)19-15(20)10-18-13(3)14-8-6-5-7-9-14/h5-9,12-13,18H,10H2,1-4H3,(H,19,20)/t13-,16-/m1/s1. The highest BCUT2D eigenvalue weighted by Gasteiger charge is 2.29. The molecule has 1 aromatic rings. The molecule has 0 saturated carbocycles. The number of benzene rings is 1. The molecular formula is C16H23N3O. The van der Waals surface area contributed by atoms with E-state index in [0.29, 0.717) is 0 Å². The number of rotatable bonds is 6. The van der Waals surface area contributed by atoms with Crippen LogP contribution in [-0.4, -0.2) is 18.0 Å². The maximum atomic E-state index is 11.9. The minimum atomic E-state index is -0.825. The van der Waals surface area contributed by atoms with E-state index in [1.54, 1.807) is 6.92 Å². The first-order valence-corrected chi connectivity index (χ1v) is 6.89. The topological polar surface area (TPSA) is 64.9 Å². The van der Waals surface area contributed by atoms with Crippen LogP contribution in [0.25, 0.3) is 0 Å². The molecule has 0 aliphatic heterocycles. The number of hydrogen-bond acceptors (Lipinski definition) is 3. The van der Waals surface area contributed by atoms with Crippen molar-refractivity contribution in [2.75, 3.05) is 6.54 Å². The summed E-state index contributed by atoms with van der Waals surface area (Å²) < 4.78 is 0. The summed E-state index contributed by atoms with van der Waals surface area (Å²) in [6, 6.07) is 12.2. The Hall–Kier alpha value is -1.86. The minimum absolute atomic E-state index is 0.0583. The van der Waals surface area contributed by atoms with Gasteiger partial charge < -0.3 is 10.6 Å². The van der Waals surface area contributed by atoms with Crippen LogP contribution in [0.4, 0.5) is 0 Å². The first-order valence-electron chi connectivity index (χ1n) is 6.89. The Bertz CT molecular complexity index is 478. The quantitative estimate of drug-likeness (QED) is 0.836. The third-order valence-electron chi connectivity index (χ3n) is 3.65. The van der Waals surface area contributed by atoms with E-state index in [0.717, 1.165) is 5.56 Å². The van der Waals surface area contributed by atoms with E-state index in [4.69, 9.17) is 0 Å². The molecule has 0 spiro atoms. The number of carbonyl (C=O) groups excluding carboxylic acids is 1. The molecule has 0 aliphatic carbocycles. The molecule has 0 heterocycles. The fourth-order valence-electron chi connectivity index (χ4n) is 1.74. The van der Waals surface area contributed by atoms with Crippen molar-refractivity contribution < 1.29 is 4.79 Å². The van der Waals surface area contributed by atoms with Gasteiger partial charge in [-0.1, -0.05) is 44.2 Å². The zero-order valence-corrected chi connectivity index (χ0v) is 12.6. The van der Waals surface area contributed by atoms with Gasteiger partial charge in [-0.15, -0.1) is 0 Å². The van der Waals surface area contributed by atoms with Crippen LogP contribution in [0.1, 0.15) is 39.3 Å². The number of nitrogens with one attached hydrogen (secondary N) is 2. The number of nitrogens with zero attached hydrogens (tertiary/aromatic N) is 1. The Morgan fingerprint density at radius 3 is 2.40 bits per heavy atom. The van der Waals surface area contributed by atoms with Crippen LogP contribution in [0.2, 0.25) is 0 Å². The first kappa shape index (κ1) is 16.2. The summed E-state index contributed by atoms with van der Waals surface area (Å²) in [6.07, 6.45) is 0. The van der Waals surface area contributed by atoms with Gasteiger partial charge in [0.25, 0.3) is 0 Å². The lowest BCUT2D eigenvalue weighted by Crippen LogP contribution is -2.51. The average molecular weight is 273 g/mol. The van der Waals surface area contributed by atoms with Crippen LogP contribution in [0.15, 0.2) is 30.3 Å². The number of amides is 1. The summed E-state index contributed by atoms with van der Waals surface area (Å²) in [5, 5.41) is 15.1. The molecule has 4 nitrogen and oxygen atoms in total. The molecule has 108 valence electrons. The van der Waals surface area contributed by atoms with Crippen molar-refractivity contribution >= 4 is 5.91 Å². The molecule has 0 unspecified atom stereocenters. The lowest BCUT2D eigenvalue weighted by atomic mass is 9.90. The zero-order valence-electron chi connectivity index (χ0n) is 12.6. The van der Waals surface area contributed by atoms with Crippen molar-refractivity contribution in [1.29, 1.82) is 5.26 Å². The molecular weight excluding hydrogens is 250 g/mol. The van der Waals surface area contributed by atoms with Gasteiger partial charge in [-0.2, -0.15) is 5.26 Å². The van der Waals surface area contributed by atoms with Crippen LogP contribution >= 0.6 is 0 Å². The molecule has 0 saturated heterocycles. The van der Waals surface area contributed by atoms with E-state index in [1.165, 1.54) is 0 Å². The second-order valence-electron chi connectivity index (χ2n) is 5.53. The van der Waals surface area contributed by atoms with E-state index in [9.17, 15) is 10.1 Å².